The molecule has 6 heteroatoms. The number of rotatable bonds is 3. The molecule has 1 heterocycles. The Morgan fingerprint density at radius 1 is 1.33 bits per heavy atom. The van der Waals surface area contributed by atoms with Crippen molar-refractivity contribution < 1.29 is 9.84 Å². The Bertz CT molecular complexity index is 563. The number of ether oxygens (including phenoxy) is 1. The number of methoxy groups -OCH3 is 1. The first-order valence-electron chi connectivity index (χ1n) is 5.21. The summed E-state index contributed by atoms with van der Waals surface area (Å²) >= 11 is 5.74. The van der Waals surface area contributed by atoms with E-state index >= 15 is 0 Å². The molecular weight excluding hydrogens is 254 g/mol. The Labute approximate surface area is 110 Å². The number of aromatic nitrogens is 2. The van der Waals surface area contributed by atoms with Gasteiger partial charge >= 0.3 is 0 Å². The zero-order chi connectivity index (χ0) is 13.1. The fraction of sp³-hybridized carbons (Fsp3) is 0.167. The molecule has 2 rings (SSSR count). The van der Waals surface area contributed by atoms with E-state index in [1.807, 2.05) is 13.1 Å². The molecule has 0 aliphatic rings. The molecule has 0 aliphatic carbocycles. The van der Waals surface area contributed by atoms with E-state index in [1.54, 1.807) is 29.3 Å². The van der Waals surface area contributed by atoms with Gasteiger partial charge in [0, 0.05) is 25.0 Å². The zero-order valence-electron chi connectivity index (χ0n) is 9.96. The molecule has 0 spiro atoms. The maximum absolute atomic E-state index is 9.73. The van der Waals surface area contributed by atoms with Crippen molar-refractivity contribution in [3.63, 3.8) is 0 Å². The quantitative estimate of drug-likeness (QED) is 0.865. The van der Waals surface area contributed by atoms with Crippen LogP contribution < -0.4 is 9.64 Å². The van der Waals surface area contributed by atoms with Crippen molar-refractivity contribution >= 4 is 23.1 Å². The highest BCUT2D eigenvalue weighted by atomic mass is 35.5. The number of aromatic hydroxyl groups is 1. The third kappa shape index (κ3) is 2.46. The molecule has 5 nitrogen and oxygen atoms in total. The van der Waals surface area contributed by atoms with Gasteiger partial charge in [-0.05, 0) is 29.8 Å². The van der Waals surface area contributed by atoms with Gasteiger partial charge in [0.25, 0.3) is 0 Å². The monoisotopic (exact) mass is 265 g/mol. The third-order valence-corrected chi connectivity index (χ3v) is 2.69. The smallest absolute Gasteiger partial charge is 0.224 e. The predicted molar refractivity (Wildman–Crippen MR) is 69.8 cm³/mol. The number of nitrogens with zero attached hydrogens (tertiary/aromatic N) is 3. The van der Waals surface area contributed by atoms with Crippen molar-refractivity contribution in [1.29, 1.82) is 0 Å². The summed E-state index contributed by atoms with van der Waals surface area (Å²) in [5.74, 6) is 1.13. The van der Waals surface area contributed by atoms with Gasteiger partial charge in [-0.15, -0.1) is 0 Å². The minimum atomic E-state index is 0.0713. The molecule has 0 atom stereocenters. The van der Waals surface area contributed by atoms with E-state index in [-0.39, 0.29) is 11.0 Å². The molecule has 0 bridgehead atoms. The van der Waals surface area contributed by atoms with Gasteiger partial charge in [0.2, 0.25) is 5.28 Å². The van der Waals surface area contributed by atoms with E-state index in [9.17, 15) is 5.11 Å². The Hall–Kier alpha value is -2.01. The second kappa shape index (κ2) is 5.10. The number of phenols is 1. The first-order valence-corrected chi connectivity index (χ1v) is 5.59. The van der Waals surface area contributed by atoms with Crippen molar-refractivity contribution in [2.45, 2.75) is 0 Å². The van der Waals surface area contributed by atoms with Gasteiger partial charge in [-0.2, -0.15) is 0 Å². The largest absolute Gasteiger partial charge is 0.504 e. The maximum atomic E-state index is 9.73. The van der Waals surface area contributed by atoms with E-state index in [4.69, 9.17) is 16.3 Å². The van der Waals surface area contributed by atoms with E-state index < -0.39 is 0 Å². The summed E-state index contributed by atoms with van der Waals surface area (Å²) in [6.45, 7) is 0. The summed E-state index contributed by atoms with van der Waals surface area (Å²) in [6.07, 6.45) is 1.57. The van der Waals surface area contributed by atoms with Crippen LogP contribution in [0.4, 0.5) is 11.5 Å². The summed E-state index contributed by atoms with van der Waals surface area (Å²) in [5.41, 5.74) is 0.767. The van der Waals surface area contributed by atoms with Gasteiger partial charge in [0.15, 0.2) is 11.5 Å². The third-order valence-electron chi connectivity index (χ3n) is 2.50. The molecule has 0 amide bonds. The zero-order valence-corrected chi connectivity index (χ0v) is 10.7. The molecule has 94 valence electrons. The van der Waals surface area contributed by atoms with Crippen molar-refractivity contribution in [3.8, 4) is 11.5 Å². The Morgan fingerprint density at radius 2 is 2.11 bits per heavy atom. The average Bonchev–Trinajstić information content (AvgIpc) is 2.37. The van der Waals surface area contributed by atoms with Crippen LogP contribution >= 0.6 is 11.6 Å². The lowest BCUT2D eigenvalue weighted by Crippen LogP contribution is -2.11. The summed E-state index contributed by atoms with van der Waals surface area (Å²) < 4.78 is 4.99. The Kier molecular flexibility index (Phi) is 3.53. The fourth-order valence-corrected chi connectivity index (χ4v) is 1.68. The molecule has 2 aromatic rings. The van der Waals surface area contributed by atoms with E-state index in [2.05, 4.69) is 9.97 Å². The summed E-state index contributed by atoms with van der Waals surface area (Å²) in [5, 5.41) is 9.91. The van der Waals surface area contributed by atoms with Crippen molar-refractivity contribution in [3.05, 3.63) is 35.7 Å². The van der Waals surface area contributed by atoms with E-state index in [1.165, 1.54) is 7.11 Å². The molecule has 1 aromatic heterocycles. The number of hydrogen-bond acceptors (Lipinski definition) is 5. The molecular formula is C12H12ClN3O2. The number of phenolic OH excluding ortho intramolecular Hbond substituents is 1. The minimum absolute atomic E-state index is 0.0713. The predicted octanol–water partition coefficient (Wildman–Crippen LogP) is 2.61. The van der Waals surface area contributed by atoms with Crippen LogP contribution in [0.3, 0.4) is 0 Å². The molecule has 0 saturated heterocycles. The number of benzene rings is 1. The normalized spacial score (nSPS) is 10.2. The molecule has 0 unspecified atom stereocenters. The standard InChI is InChI=1S/C12H12ClN3O2/c1-16(11-5-6-14-12(13)15-11)8-3-4-10(18-2)9(17)7-8/h3-7,17H,1-2H3. The van der Waals surface area contributed by atoms with Gasteiger partial charge in [-0.1, -0.05) is 0 Å². The van der Waals surface area contributed by atoms with Gasteiger partial charge in [-0.3, -0.25) is 0 Å². The number of halogens is 1. The van der Waals surface area contributed by atoms with Crippen LogP contribution in [-0.2, 0) is 0 Å². The van der Waals surface area contributed by atoms with Crippen LogP contribution in [0.1, 0.15) is 0 Å². The van der Waals surface area contributed by atoms with Crippen molar-refractivity contribution in [2.24, 2.45) is 0 Å². The molecule has 0 fully saturated rings. The van der Waals surface area contributed by atoms with Gasteiger partial charge < -0.3 is 14.7 Å². The fourth-order valence-electron chi connectivity index (χ4n) is 1.53. The van der Waals surface area contributed by atoms with Crippen LogP contribution in [0.2, 0.25) is 5.28 Å². The average molecular weight is 266 g/mol. The van der Waals surface area contributed by atoms with Crippen LogP contribution in [-0.4, -0.2) is 29.2 Å². The van der Waals surface area contributed by atoms with E-state index in [0.717, 1.165) is 5.69 Å². The highest BCUT2D eigenvalue weighted by molar-refractivity contribution is 6.28. The first-order chi connectivity index (χ1) is 8.61. The molecule has 0 saturated carbocycles. The van der Waals surface area contributed by atoms with Gasteiger partial charge in [0.1, 0.15) is 5.82 Å². The Morgan fingerprint density at radius 3 is 2.72 bits per heavy atom. The lowest BCUT2D eigenvalue weighted by molar-refractivity contribution is 0.373. The van der Waals surface area contributed by atoms with Crippen LogP contribution in [0, 0.1) is 0 Å². The minimum Gasteiger partial charge on any atom is -0.504 e. The van der Waals surface area contributed by atoms with E-state index in [0.29, 0.717) is 11.6 Å². The van der Waals surface area contributed by atoms with Crippen molar-refractivity contribution in [1.82, 2.24) is 9.97 Å². The first kappa shape index (κ1) is 12.4. The molecule has 1 N–H and O–H groups in total. The summed E-state index contributed by atoms with van der Waals surface area (Å²) in [7, 11) is 3.32. The highest BCUT2D eigenvalue weighted by Crippen LogP contribution is 2.32. The topological polar surface area (TPSA) is 58.5 Å². The van der Waals surface area contributed by atoms with Crippen LogP contribution in [0.5, 0.6) is 11.5 Å². The molecule has 0 aliphatic heterocycles. The molecule has 0 radical (unpaired) electrons. The molecule has 18 heavy (non-hydrogen) atoms. The van der Waals surface area contributed by atoms with Crippen molar-refractivity contribution in [2.75, 3.05) is 19.1 Å². The highest BCUT2D eigenvalue weighted by Gasteiger charge is 2.09. The summed E-state index contributed by atoms with van der Waals surface area (Å²) in [6, 6.07) is 6.82. The van der Waals surface area contributed by atoms with Crippen LogP contribution in [0.15, 0.2) is 30.5 Å². The van der Waals surface area contributed by atoms with Gasteiger partial charge in [-0.25, -0.2) is 9.97 Å². The number of hydrogen-bond donors (Lipinski definition) is 1. The van der Waals surface area contributed by atoms with Gasteiger partial charge in [0.05, 0.1) is 7.11 Å². The Balaban J connectivity index is 2.34. The maximum Gasteiger partial charge on any atom is 0.224 e. The molecule has 1 aromatic carbocycles. The van der Waals surface area contributed by atoms with Crippen LogP contribution in [0.25, 0.3) is 0 Å². The second-order valence-electron chi connectivity index (χ2n) is 3.60. The lowest BCUT2D eigenvalue weighted by atomic mass is 10.2. The summed E-state index contributed by atoms with van der Waals surface area (Å²) in [4.78, 5) is 9.69. The lowest BCUT2D eigenvalue weighted by Gasteiger charge is -2.18. The second-order valence-corrected chi connectivity index (χ2v) is 3.94. The SMILES string of the molecule is COc1ccc(N(C)c2ccnc(Cl)n2)cc1O. The number of anilines is 2.